The fourth-order valence-corrected chi connectivity index (χ4v) is 3.53. The minimum Gasteiger partial charge on any atom is -0.474 e. The molecule has 2 rings (SSSR count). The summed E-state index contributed by atoms with van der Waals surface area (Å²) in [5.74, 6) is 1.27. The lowest BCUT2D eigenvalue weighted by molar-refractivity contribution is -0.0133. The van der Waals surface area contributed by atoms with Gasteiger partial charge in [0.15, 0.2) is 3.61 Å². The molecule has 118 valence electrons. The SMILES string of the molecule is Cc1c(Cl)cccc1O[C@@](I)(COC(C)C)C1CCNC1. The zero-order valence-electron chi connectivity index (χ0n) is 12.8. The topological polar surface area (TPSA) is 30.5 Å². The summed E-state index contributed by atoms with van der Waals surface area (Å²) in [6, 6.07) is 5.80. The van der Waals surface area contributed by atoms with Gasteiger partial charge in [-0.1, -0.05) is 17.7 Å². The lowest BCUT2D eigenvalue weighted by Crippen LogP contribution is -2.44. The van der Waals surface area contributed by atoms with E-state index in [4.69, 9.17) is 21.1 Å². The maximum atomic E-state index is 6.39. The molecule has 0 aliphatic carbocycles. The standard InChI is InChI=1S/C16H23ClINO2/c1-11(2)20-10-16(18,13-7-8-19-9-13)21-15-6-4-5-14(17)12(15)3/h4-6,11,13,19H,7-10H2,1-3H3/t13?,16-/m0/s1. The van der Waals surface area contributed by atoms with Crippen LogP contribution in [0.15, 0.2) is 18.2 Å². The highest BCUT2D eigenvalue weighted by Gasteiger charge is 2.41. The van der Waals surface area contributed by atoms with E-state index in [2.05, 4.69) is 41.8 Å². The van der Waals surface area contributed by atoms with Crippen LogP contribution in [0.5, 0.6) is 5.75 Å². The lowest BCUT2D eigenvalue weighted by atomic mass is 10.0. The van der Waals surface area contributed by atoms with Crippen LogP contribution in [-0.2, 0) is 4.74 Å². The predicted octanol–water partition coefficient (Wildman–Crippen LogP) is 4.19. The van der Waals surface area contributed by atoms with Crippen molar-refractivity contribution in [2.24, 2.45) is 5.92 Å². The Hall–Kier alpha value is -0.0400. The zero-order chi connectivity index (χ0) is 15.5. The Morgan fingerprint density at radius 3 is 2.86 bits per heavy atom. The van der Waals surface area contributed by atoms with Gasteiger partial charge in [-0.15, -0.1) is 0 Å². The molecule has 21 heavy (non-hydrogen) atoms. The summed E-state index contributed by atoms with van der Waals surface area (Å²) in [5, 5.41) is 4.15. The highest BCUT2D eigenvalue weighted by molar-refractivity contribution is 14.1. The number of hydrogen-bond acceptors (Lipinski definition) is 3. The minimum absolute atomic E-state index is 0.192. The van der Waals surface area contributed by atoms with Gasteiger partial charge < -0.3 is 14.8 Å². The molecule has 1 aromatic carbocycles. The first-order valence-corrected chi connectivity index (χ1v) is 8.83. The van der Waals surface area contributed by atoms with Crippen LogP contribution in [0.4, 0.5) is 0 Å². The molecular formula is C16H23ClINO2. The number of halogens is 2. The van der Waals surface area contributed by atoms with E-state index < -0.39 is 0 Å². The van der Waals surface area contributed by atoms with E-state index in [9.17, 15) is 0 Å². The first-order chi connectivity index (χ1) is 9.92. The Bertz CT molecular complexity index is 477. The Balaban J connectivity index is 2.20. The molecule has 0 saturated carbocycles. The van der Waals surface area contributed by atoms with Crippen LogP contribution in [-0.4, -0.2) is 29.4 Å². The molecule has 0 radical (unpaired) electrons. The maximum Gasteiger partial charge on any atom is 0.186 e. The second-order valence-corrected chi connectivity index (χ2v) is 8.03. The normalized spacial score (nSPS) is 21.5. The number of nitrogens with one attached hydrogen (secondary N) is 1. The van der Waals surface area contributed by atoms with E-state index in [1.54, 1.807) is 0 Å². The van der Waals surface area contributed by atoms with Crippen molar-refractivity contribution in [3.63, 3.8) is 0 Å². The number of alkyl halides is 1. The molecule has 1 aliphatic heterocycles. The molecule has 1 unspecified atom stereocenters. The van der Waals surface area contributed by atoms with E-state index in [1.807, 2.05) is 25.1 Å². The van der Waals surface area contributed by atoms with Gasteiger partial charge in [-0.05, 0) is 68.5 Å². The van der Waals surface area contributed by atoms with Crippen molar-refractivity contribution in [2.45, 2.75) is 36.9 Å². The average Bonchev–Trinajstić information content (AvgIpc) is 2.97. The fraction of sp³-hybridized carbons (Fsp3) is 0.625. The molecule has 0 aromatic heterocycles. The smallest absolute Gasteiger partial charge is 0.186 e. The molecule has 0 bridgehead atoms. The van der Waals surface area contributed by atoms with E-state index in [0.29, 0.717) is 12.5 Å². The highest BCUT2D eigenvalue weighted by Crippen LogP contribution is 2.38. The average molecular weight is 424 g/mol. The second-order valence-electron chi connectivity index (χ2n) is 5.80. The molecule has 0 spiro atoms. The second kappa shape index (κ2) is 7.49. The van der Waals surface area contributed by atoms with E-state index in [-0.39, 0.29) is 9.71 Å². The Morgan fingerprint density at radius 1 is 1.48 bits per heavy atom. The largest absolute Gasteiger partial charge is 0.474 e. The summed E-state index contributed by atoms with van der Waals surface area (Å²) in [4.78, 5) is 0. The first-order valence-electron chi connectivity index (χ1n) is 7.38. The van der Waals surface area contributed by atoms with Gasteiger partial charge in [-0.3, -0.25) is 0 Å². The molecule has 1 saturated heterocycles. The van der Waals surface area contributed by atoms with Crippen molar-refractivity contribution < 1.29 is 9.47 Å². The highest BCUT2D eigenvalue weighted by atomic mass is 127. The summed E-state index contributed by atoms with van der Waals surface area (Å²) in [5.41, 5.74) is 0.982. The third-order valence-electron chi connectivity index (χ3n) is 3.78. The minimum atomic E-state index is -0.374. The van der Waals surface area contributed by atoms with Crippen LogP contribution >= 0.6 is 34.2 Å². The number of benzene rings is 1. The summed E-state index contributed by atoms with van der Waals surface area (Å²) in [6.07, 6.45) is 1.29. The summed E-state index contributed by atoms with van der Waals surface area (Å²) >= 11 is 8.62. The van der Waals surface area contributed by atoms with E-state index in [0.717, 1.165) is 35.8 Å². The maximum absolute atomic E-state index is 6.39. The van der Waals surface area contributed by atoms with Crippen molar-refractivity contribution in [3.05, 3.63) is 28.8 Å². The van der Waals surface area contributed by atoms with Crippen molar-refractivity contribution in [1.29, 1.82) is 0 Å². The Labute approximate surface area is 145 Å². The van der Waals surface area contributed by atoms with Gasteiger partial charge in [0, 0.05) is 23.0 Å². The number of rotatable bonds is 6. The molecule has 1 fully saturated rings. The van der Waals surface area contributed by atoms with Gasteiger partial charge in [-0.2, -0.15) is 0 Å². The summed E-state index contributed by atoms with van der Waals surface area (Å²) < 4.78 is 11.9. The molecule has 1 N–H and O–H groups in total. The van der Waals surface area contributed by atoms with Crippen molar-refractivity contribution in [2.75, 3.05) is 19.7 Å². The van der Waals surface area contributed by atoms with Crippen LogP contribution in [0.1, 0.15) is 25.8 Å². The zero-order valence-corrected chi connectivity index (χ0v) is 15.7. The molecule has 3 nitrogen and oxygen atoms in total. The summed E-state index contributed by atoms with van der Waals surface area (Å²) in [7, 11) is 0. The van der Waals surface area contributed by atoms with Gasteiger partial charge >= 0.3 is 0 Å². The van der Waals surface area contributed by atoms with E-state index >= 15 is 0 Å². The number of ether oxygens (including phenoxy) is 2. The predicted molar refractivity (Wildman–Crippen MR) is 95.6 cm³/mol. The fourth-order valence-electron chi connectivity index (χ4n) is 2.41. The summed E-state index contributed by atoms with van der Waals surface area (Å²) in [6.45, 7) is 8.66. The molecule has 2 atom stereocenters. The Kier molecular flexibility index (Phi) is 6.17. The quantitative estimate of drug-likeness (QED) is 0.550. The van der Waals surface area contributed by atoms with Gasteiger partial charge in [-0.25, -0.2) is 0 Å². The first kappa shape index (κ1) is 17.3. The van der Waals surface area contributed by atoms with Crippen molar-refractivity contribution >= 4 is 34.2 Å². The van der Waals surface area contributed by atoms with Gasteiger partial charge in [0.2, 0.25) is 0 Å². The van der Waals surface area contributed by atoms with Gasteiger partial charge in [0.25, 0.3) is 0 Å². The molecule has 1 aromatic rings. The molecule has 0 amide bonds. The van der Waals surface area contributed by atoms with Gasteiger partial charge in [0.05, 0.1) is 12.7 Å². The van der Waals surface area contributed by atoms with Crippen LogP contribution in [0.2, 0.25) is 5.02 Å². The molecule has 1 heterocycles. The monoisotopic (exact) mass is 423 g/mol. The molecule has 5 heteroatoms. The van der Waals surface area contributed by atoms with Crippen molar-refractivity contribution in [1.82, 2.24) is 5.32 Å². The Morgan fingerprint density at radius 2 is 2.24 bits per heavy atom. The third-order valence-corrected chi connectivity index (χ3v) is 5.60. The molecule has 1 aliphatic rings. The van der Waals surface area contributed by atoms with Crippen LogP contribution in [0, 0.1) is 12.8 Å². The van der Waals surface area contributed by atoms with Crippen LogP contribution in [0.25, 0.3) is 0 Å². The van der Waals surface area contributed by atoms with Crippen molar-refractivity contribution in [3.8, 4) is 5.75 Å². The lowest BCUT2D eigenvalue weighted by Gasteiger charge is -2.35. The number of hydrogen-bond donors (Lipinski definition) is 1. The molecular weight excluding hydrogens is 401 g/mol. The van der Waals surface area contributed by atoms with Gasteiger partial charge in [0.1, 0.15) is 5.75 Å². The van der Waals surface area contributed by atoms with E-state index in [1.165, 1.54) is 0 Å². The van der Waals surface area contributed by atoms with Crippen LogP contribution < -0.4 is 10.1 Å². The third kappa shape index (κ3) is 4.47. The van der Waals surface area contributed by atoms with Crippen LogP contribution in [0.3, 0.4) is 0 Å².